The van der Waals surface area contributed by atoms with Crippen LogP contribution < -0.4 is 0 Å². The highest BCUT2D eigenvalue weighted by atomic mass is 19.1. The molecule has 4 heteroatoms. The lowest BCUT2D eigenvalue weighted by atomic mass is 10.0. The second kappa shape index (κ2) is 12.6. The van der Waals surface area contributed by atoms with Gasteiger partial charge in [-0.15, -0.1) is 0 Å². The zero-order chi connectivity index (χ0) is 16.9. The summed E-state index contributed by atoms with van der Waals surface area (Å²) in [5.41, 5.74) is 0. The van der Waals surface area contributed by atoms with E-state index in [1.165, 1.54) is 64.2 Å². The van der Waals surface area contributed by atoms with Crippen molar-refractivity contribution in [3.63, 3.8) is 0 Å². The van der Waals surface area contributed by atoms with Crippen molar-refractivity contribution in [2.24, 2.45) is 0 Å². The topological polar surface area (TPSA) is 46.7 Å². The van der Waals surface area contributed by atoms with Gasteiger partial charge in [0.15, 0.2) is 18.0 Å². The highest BCUT2D eigenvalue weighted by Crippen LogP contribution is 2.26. The largest absolute Gasteiger partial charge is 0.350 e. The lowest BCUT2D eigenvalue weighted by molar-refractivity contribution is -0.130. The summed E-state index contributed by atoms with van der Waals surface area (Å²) in [5.74, 6) is -0.121. The summed E-state index contributed by atoms with van der Waals surface area (Å²) in [7, 11) is 0. The molecule has 2 atom stereocenters. The van der Waals surface area contributed by atoms with Crippen LogP contribution in [-0.4, -0.2) is 24.0 Å². The van der Waals surface area contributed by atoms with Crippen molar-refractivity contribution in [1.82, 2.24) is 0 Å². The summed E-state index contributed by atoms with van der Waals surface area (Å²) in [6.07, 6.45) is 14.9. The number of ether oxygens (including phenoxy) is 1. The number of epoxide rings is 1. The number of carbonyl (C=O) groups is 2. The van der Waals surface area contributed by atoms with Crippen LogP contribution in [0.1, 0.15) is 96.8 Å². The summed E-state index contributed by atoms with van der Waals surface area (Å²) in [5, 5.41) is 0. The molecule has 0 aromatic rings. The standard InChI is InChI=1S/C19H33FO3/c1-2-3-4-5-6-7-8-9-10-11-12-13-14-15-16(21)17-18(23-17)19(20)22/h17-18H,2-15H2,1H3. The van der Waals surface area contributed by atoms with Crippen LogP contribution in [0.3, 0.4) is 0 Å². The number of rotatable bonds is 16. The lowest BCUT2D eigenvalue weighted by Crippen LogP contribution is -2.13. The van der Waals surface area contributed by atoms with E-state index in [9.17, 15) is 14.0 Å². The Labute approximate surface area is 140 Å². The van der Waals surface area contributed by atoms with Crippen LogP contribution in [0.2, 0.25) is 0 Å². The quantitative estimate of drug-likeness (QED) is 0.219. The smallest absolute Gasteiger partial charge is 0.333 e. The molecule has 23 heavy (non-hydrogen) atoms. The van der Waals surface area contributed by atoms with Gasteiger partial charge in [0.05, 0.1) is 0 Å². The molecule has 0 aromatic heterocycles. The average Bonchev–Trinajstić information content (AvgIpc) is 3.32. The minimum Gasteiger partial charge on any atom is -0.350 e. The third-order valence-corrected chi connectivity index (χ3v) is 4.56. The fraction of sp³-hybridized carbons (Fsp3) is 0.895. The van der Waals surface area contributed by atoms with Gasteiger partial charge in [0.25, 0.3) is 0 Å². The molecule has 0 bridgehead atoms. The first-order chi connectivity index (χ1) is 11.2. The van der Waals surface area contributed by atoms with E-state index < -0.39 is 18.2 Å². The van der Waals surface area contributed by atoms with Crippen LogP contribution in [0, 0.1) is 0 Å². The van der Waals surface area contributed by atoms with Crippen molar-refractivity contribution in [1.29, 1.82) is 0 Å². The Kier molecular flexibility index (Phi) is 11.1. The van der Waals surface area contributed by atoms with Crippen LogP contribution >= 0.6 is 0 Å². The van der Waals surface area contributed by atoms with Crippen molar-refractivity contribution < 1.29 is 18.7 Å². The van der Waals surface area contributed by atoms with E-state index in [1.54, 1.807) is 0 Å². The maximum absolute atomic E-state index is 12.3. The van der Waals surface area contributed by atoms with Crippen molar-refractivity contribution >= 4 is 11.8 Å². The molecule has 3 nitrogen and oxygen atoms in total. The van der Waals surface area contributed by atoms with Crippen molar-refractivity contribution in [3.05, 3.63) is 0 Å². The molecule has 0 aromatic carbocycles. The van der Waals surface area contributed by atoms with Crippen molar-refractivity contribution in [3.8, 4) is 0 Å². The molecule has 0 N–H and O–H groups in total. The van der Waals surface area contributed by atoms with Gasteiger partial charge in [-0.1, -0.05) is 84.0 Å². The average molecular weight is 328 g/mol. The Hall–Kier alpha value is -0.770. The van der Waals surface area contributed by atoms with Crippen molar-refractivity contribution in [2.75, 3.05) is 0 Å². The number of Topliss-reactive ketones (excluding diaryl/α,β-unsaturated/α-hetero) is 1. The Morgan fingerprint density at radius 1 is 0.739 bits per heavy atom. The molecule has 134 valence electrons. The predicted octanol–water partition coefficient (Wildman–Crippen LogP) is 5.30. The first kappa shape index (κ1) is 20.3. The molecule has 1 rings (SSSR count). The van der Waals surface area contributed by atoms with Gasteiger partial charge in [-0.2, -0.15) is 4.39 Å². The lowest BCUT2D eigenvalue weighted by Gasteiger charge is -2.02. The monoisotopic (exact) mass is 328 g/mol. The molecule has 0 radical (unpaired) electrons. The second-order valence-electron chi connectivity index (χ2n) is 6.74. The SMILES string of the molecule is CCCCCCCCCCCCCCCC(=O)C1OC1C(=O)F. The number of hydrogen-bond acceptors (Lipinski definition) is 3. The van der Waals surface area contributed by atoms with Gasteiger partial charge >= 0.3 is 6.04 Å². The maximum Gasteiger partial charge on any atom is 0.333 e. The molecule has 0 spiro atoms. The molecule has 1 heterocycles. The van der Waals surface area contributed by atoms with Crippen LogP contribution in [0.15, 0.2) is 0 Å². The number of unbranched alkanes of at least 4 members (excludes halogenated alkanes) is 12. The third-order valence-electron chi connectivity index (χ3n) is 4.56. The van der Waals surface area contributed by atoms with E-state index in [0.717, 1.165) is 19.3 Å². The molecule has 0 aliphatic carbocycles. The normalized spacial score (nSPS) is 19.7. The minimum absolute atomic E-state index is 0.121. The van der Waals surface area contributed by atoms with Gasteiger partial charge in [0.2, 0.25) is 0 Å². The number of hydrogen-bond donors (Lipinski definition) is 0. The fourth-order valence-electron chi connectivity index (χ4n) is 2.99. The summed E-state index contributed by atoms with van der Waals surface area (Å²) < 4.78 is 17.0. The van der Waals surface area contributed by atoms with Crippen LogP contribution in [0.5, 0.6) is 0 Å². The molecular weight excluding hydrogens is 295 g/mol. The number of carbonyl (C=O) groups excluding carboxylic acids is 2. The van der Waals surface area contributed by atoms with E-state index in [0.29, 0.717) is 6.42 Å². The molecule has 0 saturated carbocycles. The first-order valence-corrected chi connectivity index (χ1v) is 9.54. The van der Waals surface area contributed by atoms with Crippen LogP contribution in [0.4, 0.5) is 4.39 Å². The van der Waals surface area contributed by atoms with Gasteiger partial charge in [-0.05, 0) is 6.42 Å². The number of ketones is 1. The zero-order valence-electron chi connectivity index (χ0n) is 14.7. The Balaban J connectivity index is 1.77. The molecule has 1 fully saturated rings. The summed E-state index contributed by atoms with van der Waals surface area (Å²) >= 11 is 0. The third kappa shape index (κ3) is 9.85. The van der Waals surface area contributed by atoms with Gasteiger partial charge in [0.1, 0.15) is 0 Å². The maximum atomic E-state index is 12.3. The Morgan fingerprint density at radius 2 is 1.17 bits per heavy atom. The first-order valence-electron chi connectivity index (χ1n) is 9.54. The summed E-state index contributed by atoms with van der Waals surface area (Å²) in [6.45, 7) is 2.25. The predicted molar refractivity (Wildman–Crippen MR) is 90.1 cm³/mol. The van der Waals surface area contributed by atoms with Gasteiger partial charge in [-0.25, -0.2) is 0 Å². The summed E-state index contributed by atoms with van der Waals surface area (Å²) in [4.78, 5) is 21.9. The summed E-state index contributed by atoms with van der Waals surface area (Å²) in [6, 6.07) is -1.52. The fourth-order valence-corrected chi connectivity index (χ4v) is 2.99. The number of halogens is 1. The zero-order valence-corrected chi connectivity index (χ0v) is 14.7. The molecule has 1 aliphatic rings. The van der Waals surface area contributed by atoms with E-state index in [2.05, 4.69) is 6.92 Å². The van der Waals surface area contributed by atoms with E-state index in [-0.39, 0.29) is 5.78 Å². The molecule has 0 amide bonds. The van der Waals surface area contributed by atoms with Gasteiger partial charge in [-0.3, -0.25) is 9.59 Å². The van der Waals surface area contributed by atoms with Gasteiger partial charge in [0, 0.05) is 6.42 Å². The Bertz CT molecular complexity index is 344. The van der Waals surface area contributed by atoms with E-state index in [4.69, 9.17) is 4.74 Å². The Morgan fingerprint density at radius 3 is 1.57 bits per heavy atom. The van der Waals surface area contributed by atoms with Gasteiger partial charge < -0.3 is 4.74 Å². The highest BCUT2D eigenvalue weighted by molar-refractivity contribution is 5.93. The van der Waals surface area contributed by atoms with E-state index >= 15 is 0 Å². The van der Waals surface area contributed by atoms with Crippen molar-refractivity contribution in [2.45, 2.75) is 109 Å². The molecule has 1 saturated heterocycles. The van der Waals surface area contributed by atoms with E-state index in [1.807, 2.05) is 0 Å². The second-order valence-corrected chi connectivity index (χ2v) is 6.74. The molecule has 1 aliphatic heterocycles. The van der Waals surface area contributed by atoms with Crippen LogP contribution in [0.25, 0.3) is 0 Å². The molecule has 2 unspecified atom stereocenters. The highest BCUT2D eigenvalue weighted by Gasteiger charge is 2.49. The van der Waals surface area contributed by atoms with Crippen LogP contribution in [-0.2, 0) is 14.3 Å². The minimum atomic E-state index is -1.52. The molecular formula is C19H33FO3.